The molecule has 0 saturated heterocycles. The first-order chi connectivity index (χ1) is 14.1. The predicted octanol–water partition coefficient (Wildman–Crippen LogP) is 9.40. The molecule has 0 saturated carbocycles. The van der Waals surface area contributed by atoms with Gasteiger partial charge in [0, 0.05) is 0 Å². The van der Waals surface area contributed by atoms with Crippen LogP contribution in [0.3, 0.4) is 0 Å². The largest absolute Gasteiger partial charge is 0.465 e. The molecule has 0 aliphatic carbocycles. The van der Waals surface area contributed by atoms with Crippen molar-refractivity contribution in [3.05, 3.63) is 0 Å². The van der Waals surface area contributed by atoms with Gasteiger partial charge in [0.05, 0.1) is 12.0 Å². The van der Waals surface area contributed by atoms with E-state index in [4.69, 9.17) is 4.74 Å². The molecule has 1 atom stereocenters. The van der Waals surface area contributed by atoms with Crippen LogP contribution in [0.15, 0.2) is 0 Å². The molecular weight excluding hydrogens is 356 g/mol. The second-order valence-corrected chi connectivity index (χ2v) is 9.46. The summed E-state index contributed by atoms with van der Waals surface area (Å²) in [5.41, 5.74) is -0.274. The molecule has 174 valence electrons. The van der Waals surface area contributed by atoms with E-state index >= 15 is 0 Å². The van der Waals surface area contributed by atoms with Gasteiger partial charge in [0.15, 0.2) is 0 Å². The zero-order valence-corrected chi connectivity index (χ0v) is 20.7. The van der Waals surface area contributed by atoms with E-state index in [2.05, 4.69) is 27.7 Å². The lowest BCUT2D eigenvalue weighted by Crippen LogP contribution is -2.29. The van der Waals surface area contributed by atoms with Crippen molar-refractivity contribution in [2.24, 2.45) is 5.41 Å². The van der Waals surface area contributed by atoms with Gasteiger partial charge < -0.3 is 4.74 Å². The van der Waals surface area contributed by atoms with Crippen molar-refractivity contribution in [1.29, 1.82) is 0 Å². The minimum atomic E-state index is -0.274. The van der Waals surface area contributed by atoms with Crippen molar-refractivity contribution in [2.45, 2.75) is 156 Å². The highest BCUT2D eigenvalue weighted by molar-refractivity contribution is 5.76. The molecule has 2 nitrogen and oxygen atoms in total. The van der Waals surface area contributed by atoms with Crippen molar-refractivity contribution in [2.75, 3.05) is 6.61 Å². The summed E-state index contributed by atoms with van der Waals surface area (Å²) in [6, 6.07) is 0. The maximum absolute atomic E-state index is 12.5. The third-order valence-corrected chi connectivity index (χ3v) is 6.59. The van der Waals surface area contributed by atoms with Crippen molar-refractivity contribution in [1.82, 2.24) is 0 Å². The molecule has 0 radical (unpaired) electrons. The normalized spacial score (nSPS) is 13.4. The molecule has 0 aliphatic heterocycles. The smallest absolute Gasteiger partial charge is 0.311 e. The summed E-state index contributed by atoms with van der Waals surface area (Å²) in [4.78, 5) is 12.5. The van der Waals surface area contributed by atoms with Gasteiger partial charge in [-0.2, -0.15) is 0 Å². The van der Waals surface area contributed by atoms with Crippen LogP contribution in [0.5, 0.6) is 0 Å². The highest BCUT2D eigenvalue weighted by atomic mass is 16.5. The van der Waals surface area contributed by atoms with Crippen LogP contribution in [0.1, 0.15) is 156 Å². The molecule has 0 rings (SSSR count). The van der Waals surface area contributed by atoms with Gasteiger partial charge in [0.2, 0.25) is 0 Å². The van der Waals surface area contributed by atoms with Crippen LogP contribution in [-0.2, 0) is 9.53 Å². The number of carbonyl (C=O) groups is 1. The minimum absolute atomic E-state index is 0.0335. The van der Waals surface area contributed by atoms with Crippen LogP contribution in [0.2, 0.25) is 0 Å². The predicted molar refractivity (Wildman–Crippen MR) is 128 cm³/mol. The van der Waals surface area contributed by atoms with Gasteiger partial charge in [0.1, 0.15) is 0 Å². The Balaban J connectivity index is 3.49. The molecule has 0 fully saturated rings. The van der Waals surface area contributed by atoms with Crippen LogP contribution >= 0.6 is 0 Å². The average molecular weight is 411 g/mol. The van der Waals surface area contributed by atoms with E-state index < -0.39 is 0 Å². The number of unbranched alkanes of at least 4 members (excludes halogenated alkanes) is 16. The number of hydrogen-bond acceptors (Lipinski definition) is 2. The third-order valence-electron chi connectivity index (χ3n) is 6.59. The summed E-state index contributed by atoms with van der Waals surface area (Å²) >= 11 is 0. The van der Waals surface area contributed by atoms with Crippen LogP contribution in [-0.4, -0.2) is 12.6 Å². The molecule has 0 aliphatic rings. The minimum Gasteiger partial charge on any atom is -0.465 e. The molecule has 0 aromatic heterocycles. The highest BCUT2D eigenvalue weighted by Crippen LogP contribution is 2.30. The van der Waals surface area contributed by atoms with Crippen LogP contribution in [0.4, 0.5) is 0 Å². The fraction of sp³-hybridized carbons (Fsp3) is 0.963. The lowest BCUT2D eigenvalue weighted by Gasteiger charge is -2.26. The van der Waals surface area contributed by atoms with Gasteiger partial charge in [-0.1, -0.05) is 130 Å². The average Bonchev–Trinajstić information content (AvgIpc) is 2.73. The fourth-order valence-electron chi connectivity index (χ4n) is 4.00. The van der Waals surface area contributed by atoms with Crippen LogP contribution in [0.25, 0.3) is 0 Å². The Morgan fingerprint density at radius 1 is 0.586 bits per heavy atom. The molecule has 0 spiro atoms. The summed E-state index contributed by atoms with van der Waals surface area (Å²) < 4.78 is 5.62. The zero-order chi connectivity index (χ0) is 21.6. The molecule has 0 heterocycles. The number of ether oxygens (including phenoxy) is 1. The van der Waals surface area contributed by atoms with Gasteiger partial charge in [0.25, 0.3) is 0 Å². The zero-order valence-electron chi connectivity index (χ0n) is 20.7. The lowest BCUT2D eigenvalue weighted by atomic mass is 9.82. The Labute approximate surface area is 184 Å². The number of carbonyl (C=O) groups excluding carboxylic acids is 1. The molecule has 0 bridgehead atoms. The SMILES string of the molecule is CCCCCCCCCCCCCCCCOC(=O)C(C)(CC)CCCCCC. The Morgan fingerprint density at radius 2 is 0.966 bits per heavy atom. The van der Waals surface area contributed by atoms with E-state index in [1.54, 1.807) is 0 Å². The van der Waals surface area contributed by atoms with Gasteiger partial charge in [-0.05, 0) is 26.2 Å². The first kappa shape index (κ1) is 28.5. The Hall–Kier alpha value is -0.530. The molecule has 2 heteroatoms. The molecule has 0 amide bonds. The quantitative estimate of drug-likeness (QED) is 0.131. The van der Waals surface area contributed by atoms with Gasteiger partial charge in [-0.25, -0.2) is 0 Å². The fourth-order valence-corrected chi connectivity index (χ4v) is 4.00. The van der Waals surface area contributed by atoms with Crippen molar-refractivity contribution in [3.8, 4) is 0 Å². The molecule has 0 aromatic carbocycles. The van der Waals surface area contributed by atoms with Gasteiger partial charge in [-0.15, -0.1) is 0 Å². The highest BCUT2D eigenvalue weighted by Gasteiger charge is 2.32. The number of rotatable bonds is 22. The van der Waals surface area contributed by atoms with E-state index in [0.29, 0.717) is 6.61 Å². The first-order valence-corrected chi connectivity index (χ1v) is 13.3. The van der Waals surface area contributed by atoms with Gasteiger partial charge in [-0.3, -0.25) is 4.79 Å². The van der Waals surface area contributed by atoms with Crippen molar-refractivity contribution in [3.63, 3.8) is 0 Å². The summed E-state index contributed by atoms with van der Waals surface area (Å²) in [5.74, 6) is 0.0335. The lowest BCUT2D eigenvalue weighted by molar-refractivity contribution is -0.155. The molecule has 0 aromatic rings. The molecule has 0 N–H and O–H groups in total. The maximum Gasteiger partial charge on any atom is 0.311 e. The first-order valence-electron chi connectivity index (χ1n) is 13.3. The summed E-state index contributed by atoms with van der Waals surface area (Å²) in [7, 11) is 0. The Kier molecular flexibility index (Phi) is 20.4. The maximum atomic E-state index is 12.5. The number of esters is 1. The van der Waals surface area contributed by atoms with Crippen molar-refractivity contribution >= 4 is 5.97 Å². The third kappa shape index (κ3) is 16.9. The van der Waals surface area contributed by atoms with Crippen LogP contribution < -0.4 is 0 Å². The van der Waals surface area contributed by atoms with Gasteiger partial charge >= 0.3 is 5.97 Å². The Morgan fingerprint density at radius 3 is 1.38 bits per heavy atom. The van der Waals surface area contributed by atoms with E-state index in [1.165, 1.54) is 103 Å². The number of hydrogen-bond donors (Lipinski definition) is 0. The topological polar surface area (TPSA) is 26.3 Å². The summed E-state index contributed by atoms with van der Waals surface area (Å²) in [6.45, 7) is 9.33. The summed E-state index contributed by atoms with van der Waals surface area (Å²) in [5, 5.41) is 0. The Bertz CT molecular complexity index is 352. The second-order valence-electron chi connectivity index (χ2n) is 9.46. The van der Waals surface area contributed by atoms with E-state index in [9.17, 15) is 4.79 Å². The summed E-state index contributed by atoms with van der Waals surface area (Å²) in [6.07, 6.45) is 25.7. The molecular formula is C27H54O2. The van der Waals surface area contributed by atoms with E-state index in [1.807, 2.05) is 0 Å². The molecule has 1 unspecified atom stereocenters. The second kappa shape index (κ2) is 20.7. The van der Waals surface area contributed by atoms with E-state index in [-0.39, 0.29) is 11.4 Å². The monoisotopic (exact) mass is 410 g/mol. The molecule has 29 heavy (non-hydrogen) atoms. The van der Waals surface area contributed by atoms with Crippen LogP contribution in [0, 0.1) is 5.41 Å². The van der Waals surface area contributed by atoms with Crippen molar-refractivity contribution < 1.29 is 9.53 Å². The standard InChI is InChI=1S/C27H54O2/c1-5-8-10-12-13-14-15-16-17-18-19-20-21-23-25-29-26(28)27(4,7-3)24-22-11-9-6-2/h5-25H2,1-4H3. The van der Waals surface area contributed by atoms with E-state index in [0.717, 1.165) is 25.7 Å².